The molecule has 0 aliphatic carbocycles. The standard InChI is InChI=1S/C6H3ClFNO2/c7-3-1-2-9-5(8)4(3)6(10)11/h1-2H,(H,10,11). The number of halogens is 2. The highest BCUT2D eigenvalue weighted by Gasteiger charge is 2.14. The number of carboxylic acid groups (broad SMARTS) is 1. The Kier molecular flexibility index (Phi) is 2.05. The molecular weight excluding hydrogens is 173 g/mol. The first-order chi connectivity index (χ1) is 5.13. The minimum atomic E-state index is -1.42. The van der Waals surface area contributed by atoms with Crippen LogP contribution in [-0.2, 0) is 0 Å². The summed E-state index contributed by atoms with van der Waals surface area (Å²) in [7, 11) is 0. The van der Waals surface area contributed by atoms with Crippen molar-refractivity contribution in [2.24, 2.45) is 0 Å². The van der Waals surface area contributed by atoms with Gasteiger partial charge >= 0.3 is 5.97 Å². The van der Waals surface area contributed by atoms with E-state index in [2.05, 4.69) is 4.98 Å². The van der Waals surface area contributed by atoms with Crippen molar-refractivity contribution in [3.05, 3.63) is 28.8 Å². The molecule has 1 rings (SSSR count). The molecule has 0 spiro atoms. The number of pyridine rings is 1. The molecule has 0 bridgehead atoms. The second-order valence-corrected chi connectivity index (χ2v) is 2.17. The Morgan fingerprint density at radius 3 is 2.73 bits per heavy atom. The monoisotopic (exact) mass is 175 g/mol. The summed E-state index contributed by atoms with van der Waals surface area (Å²) in [5.74, 6) is -2.48. The third-order valence-electron chi connectivity index (χ3n) is 1.07. The molecule has 5 heteroatoms. The lowest BCUT2D eigenvalue weighted by atomic mass is 10.3. The van der Waals surface area contributed by atoms with E-state index in [0.29, 0.717) is 0 Å². The van der Waals surface area contributed by atoms with Gasteiger partial charge in [-0.05, 0) is 6.07 Å². The second-order valence-electron chi connectivity index (χ2n) is 1.76. The first kappa shape index (κ1) is 7.94. The van der Waals surface area contributed by atoms with Gasteiger partial charge in [0.05, 0.1) is 5.02 Å². The molecule has 0 fully saturated rings. The number of aromatic nitrogens is 1. The highest BCUT2D eigenvalue weighted by atomic mass is 35.5. The normalized spacial score (nSPS) is 9.64. The van der Waals surface area contributed by atoms with E-state index in [1.54, 1.807) is 0 Å². The van der Waals surface area contributed by atoms with Crippen molar-refractivity contribution < 1.29 is 14.3 Å². The highest BCUT2D eigenvalue weighted by Crippen LogP contribution is 2.16. The molecule has 0 saturated heterocycles. The van der Waals surface area contributed by atoms with E-state index in [9.17, 15) is 9.18 Å². The number of nitrogens with zero attached hydrogens (tertiary/aromatic N) is 1. The maximum Gasteiger partial charge on any atom is 0.341 e. The summed E-state index contributed by atoms with van der Waals surface area (Å²) in [6.45, 7) is 0. The predicted octanol–water partition coefficient (Wildman–Crippen LogP) is 1.57. The first-order valence-corrected chi connectivity index (χ1v) is 3.04. The van der Waals surface area contributed by atoms with Crippen LogP contribution < -0.4 is 0 Å². The molecule has 0 amide bonds. The Morgan fingerprint density at radius 1 is 1.73 bits per heavy atom. The van der Waals surface area contributed by atoms with Crippen LogP contribution in [0.4, 0.5) is 4.39 Å². The molecule has 1 heterocycles. The average Bonchev–Trinajstić information content (AvgIpc) is 1.85. The molecule has 0 aliphatic heterocycles. The Bertz CT molecular complexity index is 282. The van der Waals surface area contributed by atoms with Crippen molar-refractivity contribution in [3.8, 4) is 0 Å². The van der Waals surface area contributed by atoms with Gasteiger partial charge in [-0.2, -0.15) is 4.39 Å². The Labute approximate surface area is 66.4 Å². The van der Waals surface area contributed by atoms with E-state index < -0.39 is 17.5 Å². The van der Waals surface area contributed by atoms with Crippen LogP contribution >= 0.6 is 11.6 Å². The molecule has 0 unspecified atom stereocenters. The van der Waals surface area contributed by atoms with Crippen LogP contribution in [0, 0.1) is 5.95 Å². The number of carboxylic acids is 1. The van der Waals surface area contributed by atoms with Gasteiger partial charge in [-0.25, -0.2) is 9.78 Å². The van der Waals surface area contributed by atoms with E-state index in [0.717, 1.165) is 6.20 Å². The van der Waals surface area contributed by atoms with Crippen molar-refractivity contribution >= 4 is 17.6 Å². The van der Waals surface area contributed by atoms with Crippen LogP contribution in [0.15, 0.2) is 12.3 Å². The van der Waals surface area contributed by atoms with Crippen LogP contribution in [0.1, 0.15) is 10.4 Å². The third-order valence-corrected chi connectivity index (χ3v) is 1.38. The molecule has 1 aromatic heterocycles. The van der Waals surface area contributed by atoms with E-state index in [1.807, 2.05) is 0 Å². The number of hydrogen-bond donors (Lipinski definition) is 1. The van der Waals surface area contributed by atoms with Gasteiger partial charge in [0, 0.05) is 6.20 Å². The summed E-state index contributed by atoms with van der Waals surface area (Å²) in [6.07, 6.45) is 1.10. The molecular formula is C6H3ClFNO2. The smallest absolute Gasteiger partial charge is 0.341 e. The molecule has 0 aliphatic rings. The SMILES string of the molecule is O=C(O)c1c(Cl)ccnc1F. The molecule has 11 heavy (non-hydrogen) atoms. The molecule has 0 radical (unpaired) electrons. The third kappa shape index (κ3) is 1.46. The number of hydrogen-bond acceptors (Lipinski definition) is 2. The Balaban J connectivity index is 3.32. The summed E-state index contributed by atoms with van der Waals surface area (Å²) >= 11 is 5.36. The summed E-state index contributed by atoms with van der Waals surface area (Å²) in [5.41, 5.74) is -0.589. The first-order valence-electron chi connectivity index (χ1n) is 2.66. The molecule has 0 atom stereocenters. The van der Waals surface area contributed by atoms with Crippen molar-refractivity contribution in [1.82, 2.24) is 4.98 Å². The maximum absolute atomic E-state index is 12.5. The fourth-order valence-electron chi connectivity index (χ4n) is 0.605. The van der Waals surface area contributed by atoms with Crippen molar-refractivity contribution in [3.63, 3.8) is 0 Å². The number of rotatable bonds is 1. The average molecular weight is 176 g/mol. The van der Waals surface area contributed by atoms with Crippen LogP contribution in [0.3, 0.4) is 0 Å². The summed E-state index contributed by atoms with van der Waals surface area (Å²) < 4.78 is 12.5. The lowest BCUT2D eigenvalue weighted by Gasteiger charge is -1.96. The lowest BCUT2D eigenvalue weighted by Crippen LogP contribution is -2.02. The van der Waals surface area contributed by atoms with Gasteiger partial charge in [-0.15, -0.1) is 0 Å². The van der Waals surface area contributed by atoms with Crippen molar-refractivity contribution in [2.45, 2.75) is 0 Å². The minimum Gasteiger partial charge on any atom is -0.477 e. The van der Waals surface area contributed by atoms with Crippen molar-refractivity contribution in [2.75, 3.05) is 0 Å². The van der Waals surface area contributed by atoms with Crippen LogP contribution in [0.25, 0.3) is 0 Å². The molecule has 58 valence electrons. The van der Waals surface area contributed by atoms with Gasteiger partial charge in [0.1, 0.15) is 5.56 Å². The van der Waals surface area contributed by atoms with Crippen LogP contribution in [0.5, 0.6) is 0 Å². The van der Waals surface area contributed by atoms with E-state index >= 15 is 0 Å². The number of carbonyl (C=O) groups is 1. The number of aromatic carboxylic acids is 1. The van der Waals surface area contributed by atoms with Crippen LogP contribution in [0.2, 0.25) is 5.02 Å². The van der Waals surface area contributed by atoms with Gasteiger partial charge in [-0.1, -0.05) is 11.6 Å². The van der Waals surface area contributed by atoms with Gasteiger partial charge in [0.15, 0.2) is 0 Å². The fourth-order valence-corrected chi connectivity index (χ4v) is 0.820. The zero-order valence-corrected chi connectivity index (χ0v) is 5.97. The summed E-state index contributed by atoms with van der Waals surface area (Å²) in [5, 5.41) is 8.23. The van der Waals surface area contributed by atoms with E-state index in [1.165, 1.54) is 6.07 Å². The minimum absolute atomic E-state index is 0.148. The van der Waals surface area contributed by atoms with Gasteiger partial charge in [-0.3, -0.25) is 0 Å². The lowest BCUT2D eigenvalue weighted by molar-refractivity contribution is 0.0691. The van der Waals surface area contributed by atoms with Gasteiger partial charge < -0.3 is 5.11 Å². The fraction of sp³-hybridized carbons (Fsp3) is 0. The molecule has 3 nitrogen and oxygen atoms in total. The van der Waals surface area contributed by atoms with E-state index in [4.69, 9.17) is 16.7 Å². The zero-order chi connectivity index (χ0) is 8.43. The van der Waals surface area contributed by atoms with Crippen LogP contribution in [-0.4, -0.2) is 16.1 Å². The van der Waals surface area contributed by atoms with Gasteiger partial charge in [0.25, 0.3) is 0 Å². The molecule has 1 N–H and O–H groups in total. The largest absolute Gasteiger partial charge is 0.477 e. The molecule has 0 saturated carbocycles. The van der Waals surface area contributed by atoms with Gasteiger partial charge in [0.2, 0.25) is 5.95 Å². The molecule has 0 aromatic carbocycles. The summed E-state index contributed by atoms with van der Waals surface area (Å²) in [6, 6.07) is 1.22. The highest BCUT2D eigenvalue weighted by molar-refractivity contribution is 6.33. The Morgan fingerprint density at radius 2 is 2.36 bits per heavy atom. The zero-order valence-electron chi connectivity index (χ0n) is 5.21. The molecule has 1 aromatic rings. The van der Waals surface area contributed by atoms with Crippen molar-refractivity contribution in [1.29, 1.82) is 0 Å². The quantitative estimate of drug-likeness (QED) is 0.660. The predicted molar refractivity (Wildman–Crippen MR) is 36.2 cm³/mol. The van der Waals surface area contributed by atoms with E-state index in [-0.39, 0.29) is 5.02 Å². The Hall–Kier alpha value is -1.16. The topological polar surface area (TPSA) is 50.2 Å². The second kappa shape index (κ2) is 2.84. The summed E-state index contributed by atoms with van der Waals surface area (Å²) in [4.78, 5) is 13.4. The maximum atomic E-state index is 12.5.